The number of aromatic nitrogens is 2. The normalized spacial score (nSPS) is 10.4. The number of primary amides is 1. The van der Waals surface area contributed by atoms with Gasteiger partial charge in [0.15, 0.2) is 0 Å². The lowest BCUT2D eigenvalue weighted by atomic mass is 10.3. The Bertz CT molecular complexity index is 481. The second kappa shape index (κ2) is 2.99. The summed E-state index contributed by atoms with van der Waals surface area (Å²) < 4.78 is 14.0. The molecule has 0 fully saturated rings. The molecule has 2 N–H and O–H groups in total. The number of amides is 2. The Balaban J connectivity index is 2.58. The van der Waals surface area contributed by atoms with Crippen molar-refractivity contribution in [3.05, 3.63) is 30.6 Å². The molecule has 0 saturated heterocycles. The number of benzene rings is 1. The first kappa shape index (κ1) is 8.49. The summed E-state index contributed by atoms with van der Waals surface area (Å²) in [7, 11) is 0. The molecule has 0 unspecified atom stereocenters. The molecule has 2 aromatic rings. The Morgan fingerprint density at radius 2 is 2.21 bits per heavy atom. The highest BCUT2D eigenvalue weighted by Gasteiger charge is 2.13. The third-order valence-corrected chi connectivity index (χ3v) is 1.81. The molecule has 2 amide bonds. The third-order valence-electron chi connectivity index (χ3n) is 1.81. The molecular weight excluding hydrogens is 187 g/mol. The Hall–Kier alpha value is -2.11. The molecule has 0 atom stereocenters. The summed E-state index contributed by atoms with van der Waals surface area (Å²) in [5.74, 6) is 0. The maximum atomic E-state index is 13.1. The molecule has 0 saturated carbocycles. The molecule has 0 radical (unpaired) electrons. The van der Waals surface area contributed by atoms with Crippen molar-refractivity contribution in [3.63, 3.8) is 0 Å². The van der Waals surface area contributed by atoms with Crippen LogP contribution in [0, 0.1) is 0 Å². The maximum absolute atomic E-state index is 13.1. The summed E-state index contributed by atoms with van der Waals surface area (Å²) in [6.07, 6.45) is 1.19. The van der Waals surface area contributed by atoms with E-state index in [0.717, 1.165) is 4.68 Å². The van der Waals surface area contributed by atoms with Crippen molar-refractivity contribution < 1.29 is 9.28 Å². The number of nitrogens with zero attached hydrogens (tertiary/aromatic N) is 3. The second-order valence-electron chi connectivity index (χ2n) is 2.68. The summed E-state index contributed by atoms with van der Waals surface area (Å²) in [6.45, 7) is 0. The summed E-state index contributed by atoms with van der Waals surface area (Å²) in [5.41, 5.74) is 5.86. The van der Waals surface area contributed by atoms with Crippen molar-refractivity contribution >= 4 is 17.1 Å². The van der Waals surface area contributed by atoms with Gasteiger partial charge in [-0.2, -0.15) is 0 Å². The van der Waals surface area contributed by atoms with Gasteiger partial charge in [0.25, 0.3) is 0 Å². The van der Waals surface area contributed by atoms with E-state index >= 15 is 0 Å². The van der Waals surface area contributed by atoms with Gasteiger partial charge < -0.3 is 5.73 Å². The van der Waals surface area contributed by atoms with Crippen molar-refractivity contribution in [1.82, 2.24) is 9.66 Å². The van der Waals surface area contributed by atoms with E-state index in [1.165, 1.54) is 6.33 Å². The van der Waals surface area contributed by atoms with E-state index in [2.05, 4.69) is 4.98 Å². The summed E-state index contributed by atoms with van der Waals surface area (Å²) >= 11 is 0. The van der Waals surface area contributed by atoms with Gasteiger partial charge >= 0.3 is 6.03 Å². The van der Waals surface area contributed by atoms with Gasteiger partial charge in [-0.15, -0.1) is 0 Å². The molecular formula is C8H7FN4O. The molecule has 6 heteroatoms. The van der Waals surface area contributed by atoms with Crippen LogP contribution in [-0.4, -0.2) is 15.7 Å². The van der Waals surface area contributed by atoms with Crippen molar-refractivity contribution in [2.75, 3.05) is 5.23 Å². The van der Waals surface area contributed by atoms with Crippen molar-refractivity contribution in [2.45, 2.75) is 0 Å². The van der Waals surface area contributed by atoms with Gasteiger partial charge in [-0.05, 0) is 12.1 Å². The first-order chi connectivity index (χ1) is 6.70. The van der Waals surface area contributed by atoms with Gasteiger partial charge in [0.05, 0.1) is 11.0 Å². The van der Waals surface area contributed by atoms with Crippen LogP contribution >= 0.6 is 0 Å². The van der Waals surface area contributed by atoms with Crippen LogP contribution in [0.5, 0.6) is 0 Å². The molecule has 0 spiro atoms. The fourth-order valence-corrected chi connectivity index (χ4v) is 1.19. The highest BCUT2D eigenvalue weighted by Crippen LogP contribution is 2.12. The van der Waals surface area contributed by atoms with Gasteiger partial charge in [-0.1, -0.05) is 21.8 Å². The average molecular weight is 194 g/mol. The van der Waals surface area contributed by atoms with Crippen LogP contribution in [0.1, 0.15) is 0 Å². The number of fused-ring (bicyclic) bond motifs is 1. The van der Waals surface area contributed by atoms with E-state index in [4.69, 9.17) is 5.73 Å². The fourth-order valence-electron chi connectivity index (χ4n) is 1.19. The third kappa shape index (κ3) is 1.17. The molecule has 1 aromatic heterocycles. The van der Waals surface area contributed by atoms with E-state index in [0.29, 0.717) is 11.0 Å². The van der Waals surface area contributed by atoms with Gasteiger partial charge in [-0.25, -0.2) is 14.5 Å². The van der Waals surface area contributed by atoms with Gasteiger partial charge in [0.1, 0.15) is 6.33 Å². The van der Waals surface area contributed by atoms with Crippen LogP contribution < -0.4 is 11.0 Å². The van der Waals surface area contributed by atoms with Crippen LogP contribution in [0.25, 0.3) is 11.0 Å². The van der Waals surface area contributed by atoms with Crippen LogP contribution in [0.3, 0.4) is 0 Å². The molecule has 0 aliphatic carbocycles. The number of nitrogens with two attached hydrogens (primary N) is 1. The molecule has 1 aromatic carbocycles. The highest BCUT2D eigenvalue weighted by molar-refractivity contribution is 5.84. The Labute approximate surface area is 78.4 Å². The largest absolute Gasteiger partial charge is 0.363 e. The molecule has 0 aliphatic heterocycles. The minimum Gasteiger partial charge on any atom is -0.348 e. The molecule has 72 valence electrons. The van der Waals surface area contributed by atoms with Crippen LogP contribution in [-0.2, 0) is 0 Å². The van der Waals surface area contributed by atoms with Crippen LogP contribution in [0.4, 0.5) is 9.28 Å². The zero-order valence-corrected chi connectivity index (χ0v) is 7.09. The molecule has 5 nitrogen and oxygen atoms in total. The predicted molar refractivity (Wildman–Crippen MR) is 48.6 cm³/mol. The topological polar surface area (TPSA) is 64.2 Å². The first-order valence-corrected chi connectivity index (χ1v) is 3.88. The lowest BCUT2D eigenvalue weighted by Crippen LogP contribution is -2.36. The van der Waals surface area contributed by atoms with Crippen molar-refractivity contribution in [2.24, 2.45) is 5.73 Å². The van der Waals surface area contributed by atoms with Gasteiger partial charge in [-0.3, -0.25) is 0 Å². The van der Waals surface area contributed by atoms with Crippen LogP contribution in [0.2, 0.25) is 0 Å². The van der Waals surface area contributed by atoms with E-state index in [1.54, 1.807) is 24.3 Å². The second-order valence-corrected chi connectivity index (χ2v) is 2.68. The van der Waals surface area contributed by atoms with Gasteiger partial charge in [0.2, 0.25) is 0 Å². The molecule has 0 aliphatic rings. The number of imidazole rings is 1. The standard InChI is InChI=1S/C8H7FN4O/c9-13(8(10)14)12-5-11-6-3-1-2-4-7(6)12/h1-5H,(H2,10,14). The molecule has 2 rings (SSSR count). The first-order valence-electron chi connectivity index (χ1n) is 3.88. The Morgan fingerprint density at radius 3 is 2.93 bits per heavy atom. The molecule has 14 heavy (non-hydrogen) atoms. The average Bonchev–Trinajstić information content (AvgIpc) is 2.60. The quantitative estimate of drug-likeness (QED) is 0.686. The van der Waals surface area contributed by atoms with Gasteiger partial charge in [0, 0.05) is 0 Å². The van der Waals surface area contributed by atoms with Crippen molar-refractivity contribution in [3.8, 4) is 0 Å². The van der Waals surface area contributed by atoms with E-state index in [-0.39, 0.29) is 5.23 Å². The smallest absolute Gasteiger partial charge is 0.348 e. The number of para-hydroxylation sites is 2. The summed E-state index contributed by atoms with van der Waals surface area (Å²) in [4.78, 5) is 14.5. The number of urea groups is 1. The summed E-state index contributed by atoms with van der Waals surface area (Å²) in [5, 5.41) is -0.199. The number of carbonyl (C=O) groups is 1. The number of rotatable bonds is 1. The number of hydrogen-bond acceptors (Lipinski definition) is 2. The zero-order valence-electron chi connectivity index (χ0n) is 7.09. The number of halogens is 1. The lowest BCUT2D eigenvalue weighted by Gasteiger charge is -2.09. The predicted octanol–water partition coefficient (Wildman–Crippen LogP) is 0.938. The Morgan fingerprint density at radius 1 is 1.50 bits per heavy atom. The minimum atomic E-state index is -1.19. The van der Waals surface area contributed by atoms with E-state index in [1.807, 2.05) is 0 Å². The molecule has 1 heterocycles. The number of hydrogen-bond donors (Lipinski definition) is 1. The highest BCUT2D eigenvalue weighted by atomic mass is 19.2. The van der Waals surface area contributed by atoms with Crippen LogP contribution in [0.15, 0.2) is 30.6 Å². The monoisotopic (exact) mass is 194 g/mol. The molecule has 0 bridgehead atoms. The number of carbonyl (C=O) groups excluding carboxylic acids is 1. The Kier molecular flexibility index (Phi) is 1.81. The van der Waals surface area contributed by atoms with Crippen molar-refractivity contribution in [1.29, 1.82) is 0 Å². The van der Waals surface area contributed by atoms with E-state index < -0.39 is 6.03 Å². The fraction of sp³-hybridized carbons (Fsp3) is 0. The lowest BCUT2D eigenvalue weighted by molar-refractivity contribution is 0.226. The zero-order chi connectivity index (χ0) is 10.1. The van der Waals surface area contributed by atoms with E-state index in [9.17, 15) is 9.28 Å². The minimum absolute atomic E-state index is 0.199. The summed E-state index contributed by atoms with van der Waals surface area (Å²) in [6, 6.07) is 5.65. The SMILES string of the molecule is NC(=O)N(F)n1cnc2ccccc21. The maximum Gasteiger partial charge on any atom is 0.363 e.